The van der Waals surface area contributed by atoms with Crippen molar-refractivity contribution in [1.82, 2.24) is 10.2 Å². The number of aromatic carboxylic acids is 1. The van der Waals surface area contributed by atoms with Gasteiger partial charge in [0.15, 0.2) is 0 Å². The van der Waals surface area contributed by atoms with Crippen LogP contribution in [0.15, 0.2) is 24.3 Å². The normalized spacial score (nSPS) is 10.2. The van der Waals surface area contributed by atoms with Crippen molar-refractivity contribution in [1.29, 1.82) is 0 Å². The van der Waals surface area contributed by atoms with Crippen LogP contribution in [0.1, 0.15) is 32.6 Å². The van der Waals surface area contributed by atoms with Crippen LogP contribution in [0.5, 0.6) is 0 Å². The number of carbonyl (C=O) groups excluding carboxylic acids is 2. The molecule has 0 fully saturated rings. The lowest BCUT2D eigenvalue weighted by molar-refractivity contribution is -0.255. The third kappa shape index (κ3) is 2.94. The smallest absolute Gasteiger partial charge is 0.258 e. The molecule has 1 aromatic carbocycles. The third-order valence-electron chi connectivity index (χ3n) is 2.38. The molecule has 0 aliphatic heterocycles. The molecule has 19 heavy (non-hydrogen) atoms. The molecule has 1 N–H and O–H groups in total. The zero-order valence-electron chi connectivity index (χ0n) is 10.0. The van der Waals surface area contributed by atoms with Gasteiger partial charge in [-0.1, -0.05) is 36.5 Å². The average molecular weight is 276 g/mol. The maximum absolute atomic E-state index is 12.0. The van der Waals surface area contributed by atoms with Gasteiger partial charge in [-0.05, 0) is 12.5 Å². The van der Waals surface area contributed by atoms with E-state index in [1.54, 1.807) is 6.07 Å². The Balaban J connectivity index is 2.22. The Morgan fingerprint density at radius 2 is 1.95 bits per heavy atom. The maximum Gasteiger partial charge on any atom is 0.258 e. The lowest BCUT2D eigenvalue weighted by Gasteiger charge is -2.08. The van der Waals surface area contributed by atoms with Crippen molar-refractivity contribution in [2.45, 2.75) is 13.3 Å². The van der Waals surface area contributed by atoms with Crippen molar-refractivity contribution in [3.8, 4) is 0 Å². The minimum atomic E-state index is -1.39. The number of aryl methyl sites for hydroxylation is 1. The first-order valence-corrected chi connectivity index (χ1v) is 6.37. The Hall–Kier alpha value is -2.28. The Morgan fingerprint density at radius 1 is 1.26 bits per heavy atom. The third-order valence-corrected chi connectivity index (χ3v) is 3.36. The molecule has 0 saturated carbocycles. The number of carboxylic acid groups (broad SMARTS) is 1. The van der Waals surface area contributed by atoms with Crippen LogP contribution in [-0.4, -0.2) is 22.1 Å². The molecule has 0 unspecified atom stereocenters. The molecular formula is C12H10N3O3S-. The van der Waals surface area contributed by atoms with E-state index < -0.39 is 11.9 Å². The Morgan fingerprint density at radius 3 is 2.53 bits per heavy atom. The summed E-state index contributed by atoms with van der Waals surface area (Å²) in [6.07, 6.45) is 0.725. The summed E-state index contributed by atoms with van der Waals surface area (Å²) >= 11 is 1.25. The molecule has 2 aromatic rings. The maximum atomic E-state index is 12.0. The fourth-order valence-corrected chi connectivity index (χ4v) is 2.15. The van der Waals surface area contributed by atoms with Crippen molar-refractivity contribution in [2.75, 3.05) is 5.32 Å². The second-order valence-electron chi connectivity index (χ2n) is 3.64. The molecule has 0 atom stereocenters. The van der Waals surface area contributed by atoms with Gasteiger partial charge in [0, 0.05) is 11.1 Å². The average Bonchev–Trinajstić information content (AvgIpc) is 2.86. The van der Waals surface area contributed by atoms with Crippen molar-refractivity contribution < 1.29 is 14.7 Å². The first-order chi connectivity index (χ1) is 9.11. The molecule has 7 heteroatoms. The number of benzene rings is 1. The van der Waals surface area contributed by atoms with E-state index in [0.29, 0.717) is 5.13 Å². The van der Waals surface area contributed by atoms with Crippen molar-refractivity contribution in [3.63, 3.8) is 0 Å². The van der Waals surface area contributed by atoms with Crippen LogP contribution in [0, 0.1) is 0 Å². The number of hydrogen-bond acceptors (Lipinski definition) is 6. The zero-order chi connectivity index (χ0) is 13.8. The monoisotopic (exact) mass is 276 g/mol. The molecule has 0 radical (unpaired) electrons. The summed E-state index contributed by atoms with van der Waals surface area (Å²) < 4.78 is 0. The van der Waals surface area contributed by atoms with Gasteiger partial charge in [0.05, 0.1) is 5.97 Å². The Bertz CT molecular complexity index is 624. The van der Waals surface area contributed by atoms with Crippen LogP contribution in [0.2, 0.25) is 0 Å². The van der Waals surface area contributed by atoms with Gasteiger partial charge in [0.2, 0.25) is 5.13 Å². The lowest BCUT2D eigenvalue weighted by Crippen LogP contribution is -2.26. The van der Waals surface area contributed by atoms with Crippen molar-refractivity contribution in [3.05, 3.63) is 40.4 Å². The number of carbonyl (C=O) groups is 2. The highest BCUT2D eigenvalue weighted by atomic mass is 32.1. The molecule has 0 spiro atoms. The number of amides is 1. The summed E-state index contributed by atoms with van der Waals surface area (Å²) in [7, 11) is 0. The molecule has 1 aromatic heterocycles. The fourth-order valence-electron chi connectivity index (χ4n) is 1.47. The number of rotatable bonds is 4. The number of aromatic nitrogens is 2. The second kappa shape index (κ2) is 5.57. The number of carboxylic acids is 1. The number of anilines is 1. The molecule has 0 saturated heterocycles. The van der Waals surface area contributed by atoms with Crippen molar-refractivity contribution >= 4 is 28.3 Å². The van der Waals surface area contributed by atoms with E-state index in [1.807, 2.05) is 6.92 Å². The fraction of sp³-hybridized carbons (Fsp3) is 0.167. The highest BCUT2D eigenvalue weighted by molar-refractivity contribution is 7.15. The first kappa shape index (κ1) is 13.2. The summed E-state index contributed by atoms with van der Waals surface area (Å²) in [4.78, 5) is 22.9. The molecule has 0 aliphatic rings. The van der Waals surface area contributed by atoms with Gasteiger partial charge in [-0.3, -0.25) is 10.1 Å². The van der Waals surface area contributed by atoms with E-state index in [9.17, 15) is 14.7 Å². The minimum absolute atomic E-state index is 0.0377. The van der Waals surface area contributed by atoms with Gasteiger partial charge < -0.3 is 9.90 Å². The van der Waals surface area contributed by atoms with Crippen LogP contribution in [0.3, 0.4) is 0 Å². The van der Waals surface area contributed by atoms with Crippen LogP contribution >= 0.6 is 11.3 Å². The highest BCUT2D eigenvalue weighted by Gasteiger charge is 2.13. The van der Waals surface area contributed by atoms with E-state index in [0.717, 1.165) is 11.4 Å². The molecule has 6 nitrogen and oxygen atoms in total. The first-order valence-electron chi connectivity index (χ1n) is 5.56. The number of nitrogens with one attached hydrogen (secondary N) is 1. The number of hydrogen-bond donors (Lipinski definition) is 1. The van der Waals surface area contributed by atoms with Crippen LogP contribution in [0.4, 0.5) is 5.13 Å². The van der Waals surface area contributed by atoms with Gasteiger partial charge in [-0.25, -0.2) is 0 Å². The summed E-state index contributed by atoms with van der Waals surface area (Å²) in [5.41, 5.74) is -0.115. The Labute approximate surface area is 113 Å². The largest absolute Gasteiger partial charge is 0.545 e. The SMILES string of the molecule is CCc1nnc(NC(=O)c2ccccc2C(=O)[O-])s1. The summed E-state index contributed by atoms with van der Waals surface area (Å²) in [5, 5.41) is 22.2. The van der Waals surface area contributed by atoms with Gasteiger partial charge in [0.25, 0.3) is 5.91 Å². The molecular weight excluding hydrogens is 266 g/mol. The zero-order valence-corrected chi connectivity index (χ0v) is 10.9. The van der Waals surface area contributed by atoms with Crippen LogP contribution < -0.4 is 10.4 Å². The standard InChI is InChI=1S/C12H11N3O3S/c1-2-9-14-15-12(19-9)13-10(16)7-5-3-4-6-8(7)11(17)18/h3-6H,2H2,1H3,(H,17,18)(H,13,15,16)/p-1. The van der Waals surface area contributed by atoms with Gasteiger partial charge in [0.1, 0.15) is 5.01 Å². The predicted molar refractivity (Wildman–Crippen MR) is 68.0 cm³/mol. The van der Waals surface area contributed by atoms with E-state index in [1.165, 1.54) is 29.5 Å². The van der Waals surface area contributed by atoms with Crippen LogP contribution in [0.25, 0.3) is 0 Å². The van der Waals surface area contributed by atoms with Gasteiger partial charge in [-0.2, -0.15) is 0 Å². The molecule has 0 aliphatic carbocycles. The summed E-state index contributed by atoms with van der Waals surface area (Å²) in [6, 6.07) is 5.85. The summed E-state index contributed by atoms with van der Waals surface area (Å²) in [5.74, 6) is -1.93. The topological polar surface area (TPSA) is 95.0 Å². The van der Waals surface area contributed by atoms with Crippen molar-refractivity contribution in [2.24, 2.45) is 0 Å². The second-order valence-corrected chi connectivity index (χ2v) is 4.70. The Kier molecular flexibility index (Phi) is 3.86. The molecule has 2 rings (SSSR count). The molecule has 98 valence electrons. The minimum Gasteiger partial charge on any atom is -0.545 e. The summed E-state index contributed by atoms with van der Waals surface area (Å²) in [6.45, 7) is 1.93. The van der Waals surface area contributed by atoms with E-state index >= 15 is 0 Å². The van der Waals surface area contributed by atoms with Gasteiger partial charge in [-0.15, -0.1) is 10.2 Å². The highest BCUT2D eigenvalue weighted by Crippen LogP contribution is 2.17. The van der Waals surface area contributed by atoms with Gasteiger partial charge >= 0.3 is 0 Å². The van der Waals surface area contributed by atoms with Crippen LogP contribution in [-0.2, 0) is 6.42 Å². The molecule has 1 heterocycles. The predicted octanol–water partition coefficient (Wildman–Crippen LogP) is 0.716. The quantitative estimate of drug-likeness (QED) is 0.887. The lowest BCUT2D eigenvalue weighted by atomic mass is 10.1. The molecule has 1 amide bonds. The van der Waals surface area contributed by atoms with E-state index in [-0.39, 0.29) is 11.1 Å². The van der Waals surface area contributed by atoms with E-state index in [2.05, 4.69) is 15.5 Å². The number of nitrogens with zero attached hydrogens (tertiary/aromatic N) is 2. The molecule has 0 bridgehead atoms. The van der Waals surface area contributed by atoms with E-state index in [4.69, 9.17) is 0 Å².